The molecule has 74 heavy (non-hydrogen) atoms. The zero-order valence-electron chi connectivity index (χ0n) is 40.4. The van der Waals surface area contributed by atoms with Gasteiger partial charge < -0.3 is 0 Å². The summed E-state index contributed by atoms with van der Waals surface area (Å²) in [7, 11) is -9.89. The Bertz CT molecular complexity index is 3030. The molecular weight excluding hydrogens is 972 g/mol. The van der Waals surface area contributed by atoms with Gasteiger partial charge in [0.05, 0.1) is 0 Å². The number of aromatic nitrogens is 2. The Morgan fingerprint density at radius 1 is 0.270 bits per heavy atom. The van der Waals surface area contributed by atoms with Crippen molar-refractivity contribution in [3.63, 3.8) is 0 Å². The lowest BCUT2D eigenvalue weighted by molar-refractivity contribution is -2.00. The van der Waals surface area contributed by atoms with Gasteiger partial charge in [0.2, 0.25) is 13.1 Å². The zero-order chi connectivity index (χ0) is 52.2. The number of hydrogen-bond donors (Lipinski definition) is 0. The van der Waals surface area contributed by atoms with Crippen LogP contribution in [0.15, 0.2) is 243 Å². The monoisotopic (exact) mass is 1020 g/mol. The lowest BCUT2D eigenvalue weighted by Crippen LogP contribution is -2.68. The molecule has 2 heterocycles. The second-order valence-corrected chi connectivity index (χ2v) is 19.0. The number of nitrogens with zero attached hydrogens (tertiary/aromatic N) is 2. The topological polar surface area (TPSA) is 192 Å². The van der Waals surface area contributed by atoms with Crippen LogP contribution in [-0.4, -0.2) is 0 Å². The molecule has 370 valence electrons. The Labute approximate surface area is 435 Å². The molecule has 0 aliphatic carbocycles. The van der Waals surface area contributed by atoms with Gasteiger partial charge in [-0.3, -0.25) is 0 Å². The van der Waals surface area contributed by atoms with Crippen molar-refractivity contribution >= 4 is 0 Å². The number of rotatable bonds is 11. The van der Waals surface area contributed by atoms with Crippen molar-refractivity contribution in [1.29, 1.82) is 0 Å². The van der Waals surface area contributed by atoms with Crippen molar-refractivity contribution in [2.45, 2.75) is 26.9 Å². The van der Waals surface area contributed by atoms with Crippen molar-refractivity contribution in [3.05, 3.63) is 254 Å². The van der Waals surface area contributed by atoms with Gasteiger partial charge in [0.15, 0.2) is 24.8 Å². The lowest BCUT2D eigenvalue weighted by atomic mass is 9.85. The molecule has 0 fully saturated rings. The first-order valence-electron chi connectivity index (χ1n) is 23.5. The van der Waals surface area contributed by atoms with Gasteiger partial charge in [-0.05, 0) is 127 Å². The summed E-state index contributed by atoms with van der Waals surface area (Å²) in [6.07, 6.45) is 8.93. The fraction of sp³-hybridized carbons (Fsp3) is 0.0645. The summed E-state index contributed by atoms with van der Waals surface area (Å²) in [5.74, 6) is 0. The Balaban J connectivity index is 0.000000667. The summed E-state index contributed by atoms with van der Waals surface area (Å²) >= 11 is 0. The fourth-order valence-electron chi connectivity index (χ4n) is 8.89. The Morgan fingerprint density at radius 2 is 0.500 bits per heavy atom. The maximum Gasteiger partial charge on any atom is 0.206 e. The second kappa shape index (κ2) is 23.9. The molecule has 0 saturated heterocycles. The molecular formula is C62H50Cl2N2O8. The predicted molar refractivity (Wildman–Crippen MR) is 266 cm³/mol. The van der Waals surface area contributed by atoms with Gasteiger partial charge in [-0.15, -0.1) is 20.5 Å². The molecule has 10 aromatic rings. The van der Waals surface area contributed by atoms with E-state index in [1.807, 2.05) is 0 Å². The van der Waals surface area contributed by atoms with Crippen LogP contribution in [0.2, 0.25) is 0 Å². The third-order valence-corrected chi connectivity index (χ3v) is 12.4. The number of hydrogen-bond acceptors (Lipinski definition) is 8. The number of aryl methyl sites for hydroxylation is 4. The molecule has 0 amide bonds. The molecule has 0 atom stereocenters. The number of pyridine rings is 2. The van der Waals surface area contributed by atoms with Gasteiger partial charge in [0.1, 0.15) is 0 Å². The van der Waals surface area contributed by atoms with Crippen LogP contribution in [-0.2, 0) is 13.1 Å². The third-order valence-electron chi connectivity index (χ3n) is 12.4. The van der Waals surface area contributed by atoms with Crippen LogP contribution in [0.4, 0.5) is 0 Å². The average Bonchev–Trinajstić information content (AvgIpc) is 3.41. The van der Waals surface area contributed by atoms with E-state index in [0.29, 0.717) is 0 Å². The van der Waals surface area contributed by atoms with E-state index >= 15 is 0 Å². The molecule has 0 bridgehead atoms. The minimum absolute atomic E-state index is 0.837. The molecule has 0 radical (unpaired) electrons. The van der Waals surface area contributed by atoms with E-state index in [0.717, 1.165) is 13.1 Å². The highest BCUT2D eigenvalue weighted by atomic mass is 35.7. The summed E-state index contributed by atoms with van der Waals surface area (Å²) in [5, 5.41) is 0. The Kier molecular flexibility index (Phi) is 17.0. The smallest absolute Gasteiger partial charge is 0.206 e. The van der Waals surface area contributed by atoms with Gasteiger partial charge in [-0.2, -0.15) is 9.13 Å². The summed E-state index contributed by atoms with van der Waals surface area (Å²) in [6.45, 7) is 5.96. The lowest BCUT2D eigenvalue weighted by Gasteiger charge is -2.19. The standard InChI is InChI=1S/C62H50N2.2ClHO4/c1-45-23-27-47(28-24-45)55-41-57(49-15-7-3-8-16-49)61(58(42-55)50-17-9-4-10-18-50)53-31-35-63(36-32-53)39-40-64-37-33-54(34-38-64)62-59(51-19-11-5-12-20-51)43-56(48-29-25-46(2)26-30-48)44-60(62)52-21-13-6-14-22-52;2*2-1(3,4)5/h3-38,41-44H,39-40H2,1-2H3;2*(H,2,3,4,5)/q+2;;/p-2. The minimum atomic E-state index is -4.94. The summed E-state index contributed by atoms with van der Waals surface area (Å²) < 4.78 is 72.5. The minimum Gasteiger partial charge on any atom is -0.222 e. The molecule has 0 saturated carbocycles. The molecule has 0 N–H and O–H groups in total. The van der Waals surface area contributed by atoms with Gasteiger partial charge in [0, 0.05) is 24.3 Å². The van der Waals surface area contributed by atoms with Crippen LogP contribution in [0.1, 0.15) is 11.1 Å². The molecule has 2 aromatic heterocycles. The predicted octanol–water partition coefficient (Wildman–Crippen LogP) is 5.40. The molecule has 0 aliphatic heterocycles. The summed E-state index contributed by atoms with van der Waals surface area (Å²) in [6, 6.07) is 79.6. The van der Waals surface area contributed by atoms with Crippen LogP contribution in [0.25, 0.3) is 89.0 Å². The average molecular weight is 1020 g/mol. The number of benzene rings is 8. The van der Waals surface area contributed by atoms with Crippen molar-refractivity contribution in [3.8, 4) is 89.0 Å². The highest BCUT2D eigenvalue weighted by Crippen LogP contribution is 2.45. The van der Waals surface area contributed by atoms with Crippen LogP contribution in [0.5, 0.6) is 0 Å². The Morgan fingerprint density at radius 3 is 0.730 bits per heavy atom. The third kappa shape index (κ3) is 14.5. The largest absolute Gasteiger partial charge is 0.222 e. The van der Waals surface area contributed by atoms with E-state index in [2.05, 4.69) is 266 Å². The highest BCUT2D eigenvalue weighted by molar-refractivity contribution is 5.99. The first kappa shape index (κ1) is 52.6. The van der Waals surface area contributed by atoms with Crippen molar-refractivity contribution in [1.82, 2.24) is 0 Å². The Hall–Kier alpha value is -7.68. The van der Waals surface area contributed by atoms with E-state index in [4.69, 9.17) is 37.3 Å². The first-order chi connectivity index (χ1) is 35.5. The molecule has 10 rings (SSSR count). The molecule has 8 aromatic carbocycles. The van der Waals surface area contributed by atoms with Crippen LogP contribution < -0.4 is 46.4 Å². The van der Waals surface area contributed by atoms with E-state index in [9.17, 15) is 0 Å². The first-order valence-corrected chi connectivity index (χ1v) is 26.0. The van der Waals surface area contributed by atoms with E-state index in [1.54, 1.807) is 0 Å². The van der Waals surface area contributed by atoms with Gasteiger partial charge in [-0.25, -0.2) is 37.3 Å². The maximum atomic E-state index is 8.49. The zero-order valence-corrected chi connectivity index (χ0v) is 41.9. The van der Waals surface area contributed by atoms with Gasteiger partial charge in [0.25, 0.3) is 0 Å². The fourth-order valence-corrected chi connectivity index (χ4v) is 8.89. The molecule has 0 unspecified atom stereocenters. The molecule has 0 spiro atoms. The van der Waals surface area contributed by atoms with E-state index < -0.39 is 20.5 Å². The number of halogens is 2. The molecule has 12 heteroatoms. The molecule has 10 nitrogen and oxygen atoms in total. The van der Waals surface area contributed by atoms with E-state index in [-0.39, 0.29) is 0 Å². The highest BCUT2D eigenvalue weighted by Gasteiger charge is 2.21. The van der Waals surface area contributed by atoms with Crippen molar-refractivity contribution in [2.24, 2.45) is 0 Å². The second-order valence-electron chi connectivity index (χ2n) is 17.5. The van der Waals surface area contributed by atoms with Gasteiger partial charge in [-0.1, -0.05) is 181 Å². The van der Waals surface area contributed by atoms with Crippen molar-refractivity contribution in [2.75, 3.05) is 0 Å². The maximum absolute atomic E-state index is 8.49. The van der Waals surface area contributed by atoms with Crippen LogP contribution >= 0.6 is 0 Å². The van der Waals surface area contributed by atoms with Crippen LogP contribution in [0, 0.1) is 34.3 Å². The van der Waals surface area contributed by atoms with Gasteiger partial charge >= 0.3 is 0 Å². The summed E-state index contributed by atoms with van der Waals surface area (Å²) in [4.78, 5) is 0. The van der Waals surface area contributed by atoms with Crippen LogP contribution in [0.3, 0.4) is 0 Å². The summed E-state index contributed by atoms with van der Waals surface area (Å²) in [5.41, 5.74) is 21.9. The SMILES string of the molecule is Cc1ccc(-c2cc(-c3ccccc3)c(-c3cc[n+](CC[n+]4ccc(-c5c(-c6ccccc6)cc(-c6ccc(C)cc6)cc5-c5ccccc5)cc4)cc3)c(-c3ccccc3)c2)cc1.[O-][Cl+3]([O-])([O-])[O-].[O-][Cl+3]([O-])([O-])[O-]. The van der Waals surface area contributed by atoms with E-state index in [1.165, 1.54) is 100 Å². The normalized spacial score (nSPS) is 11.2. The van der Waals surface area contributed by atoms with Crippen molar-refractivity contribution < 1.29 is 66.9 Å². The quantitative estimate of drug-likeness (QED) is 0.154. The molecule has 0 aliphatic rings.